The third-order valence-corrected chi connectivity index (χ3v) is 2.17. The number of likely N-dealkylation sites (tertiary alicyclic amines) is 1. The van der Waals surface area contributed by atoms with Gasteiger partial charge in [-0.3, -0.25) is 4.79 Å². The van der Waals surface area contributed by atoms with Crippen LogP contribution in [-0.2, 0) is 4.79 Å². The molecule has 1 aliphatic rings. The predicted molar refractivity (Wildman–Crippen MR) is 40.9 cm³/mol. The Morgan fingerprint density at radius 3 is 2.91 bits per heavy atom. The predicted octanol–water partition coefficient (Wildman–Crippen LogP) is -1.07. The van der Waals surface area contributed by atoms with Gasteiger partial charge >= 0.3 is 0 Å². The number of nitrogens with zero attached hydrogens (tertiary/aromatic N) is 1. The molecular formula is C7H14N2O2. The molecule has 0 radical (unpaired) electrons. The topological polar surface area (TPSA) is 66.6 Å². The lowest BCUT2D eigenvalue weighted by Crippen LogP contribution is -2.55. The summed E-state index contributed by atoms with van der Waals surface area (Å²) in [6, 6.07) is 0. The Morgan fingerprint density at radius 2 is 2.45 bits per heavy atom. The number of hydrogen-bond donors (Lipinski definition) is 2. The van der Waals surface area contributed by atoms with Crippen molar-refractivity contribution in [3.63, 3.8) is 0 Å². The van der Waals surface area contributed by atoms with Crippen LogP contribution in [0.4, 0.5) is 0 Å². The molecule has 1 rings (SSSR count). The van der Waals surface area contributed by atoms with Crippen LogP contribution in [0.2, 0.25) is 0 Å². The second-order valence-corrected chi connectivity index (χ2v) is 3.07. The van der Waals surface area contributed by atoms with Crippen LogP contribution >= 0.6 is 0 Å². The van der Waals surface area contributed by atoms with Crippen LogP contribution < -0.4 is 5.73 Å². The van der Waals surface area contributed by atoms with E-state index in [0.717, 1.165) is 13.0 Å². The minimum atomic E-state index is -1.28. The van der Waals surface area contributed by atoms with E-state index < -0.39 is 5.60 Å². The zero-order chi connectivity index (χ0) is 8.48. The zero-order valence-corrected chi connectivity index (χ0v) is 6.71. The van der Waals surface area contributed by atoms with E-state index in [1.807, 2.05) is 0 Å². The molecule has 1 heterocycles. The van der Waals surface area contributed by atoms with Gasteiger partial charge in [-0.2, -0.15) is 0 Å². The van der Waals surface area contributed by atoms with Crippen molar-refractivity contribution < 1.29 is 9.90 Å². The van der Waals surface area contributed by atoms with Crippen LogP contribution in [0.25, 0.3) is 0 Å². The summed E-state index contributed by atoms with van der Waals surface area (Å²) in [5.74, 6) is -0.244. The lowest BCUT2D eigenvalue weighted by atomic mass is 9.92. The normalized spacial score (nSPS) is 32.6. The highest BCUT2D eigenvalue weighted by Crippen LogP contribution is 2.19. The van der Waals surface area contributed by atoms with E-state index in [4.69, 9.17) is 5.73 Å². The monoisotopic (exact) mass is 158 g/mol. The minimum Gasteiger partial charge on any atom is -0.379 e. The zero-order valence-electron chi connectivity index (χ0n) is 6.71. The van der Waals surface area contributed by atoms with E-state index >= 15 is 0 Å². The molecule has 0 aromatic heterocycles. The number of rotatable bonds is 1. The number of hydrogen-bond acceptors (Lipinski definition) is 3. The molecule has 0 aromatic carbocycles. The number of amides is 1. The fraction of sp³-hybridized carbons (Fsp3) is 0.857. The highest BCUT2D eigenvalue weighted by molar-refractivity contribution is 5.85. The number of carbonyl (C=O) groups is 1. The van der Waals surface area contributed by atoms with Crippen molar-refractivity contribution >= 4 is 5.91 Å². The van der Waals surface area contributed by atoms with Gasteiger partial charge in [0.05, 0.1) is 0 Å². The summed E-state index contributed by atoms with van der Waals surface area (Å²) in [6.07, 6.45) is 1.32. The van der Waals surface area contributed by atoms with Gasteiger partial charge in [0.15, 0.2) is 5.60 Å². The van der Waals surface area contributed by atoms with Gasteiger partial charge in [-0.1, -0.05) is 0 Å². The molecule has 11 heavy (non-hydrogen) atoms. The van der Waals surface area contributed by atoms with E-state index in [-0.39, 0.29) is 12.5 Å². The standard InChI is InChI=1S/C7H14N2O2/c1-9-4-2-3-7(11,5-8)6(9)10/h11H,2-5,8H2,1H3/t7-/m1/s1. The smallest absolute Gasteiger partial charge is 0.255 e. The lowest BCUT2D eigenvalue weighted by Gasteiger charge is -2.35. The van der Waals surface area contributed by atoms with E-state index in [9.17, 15) is 9.90 Å². The Morgan fingerprint density at radius 1 is 1.82 bits per heavy atom. The first kappa shape index (κ1) is 8.49. The SMILES string of the molecule is CN1CCC[C@@](O)(CN)C1=O. The molecule has 64 valence electrons. The number of likely N-dealkylation sites (N-methyl/N-ethyl adjacent to an activating group) is 1. The maximum Gasteiger partial charge on any atom is 0.255 e. The summed E-state index contributed by atoms with van der Waals surface area (Å²) >= 11 is 0. The number of carbonyl (C=O) groups excluding carboxylic acids is 1. The number of piperidine rings is 1. The Kier molecular flexibility index (Phi) is 2.15. The molecule has 1 amide bonds. The maximum atomic E-state index is 11.3. The van der Waals surface area contributed by atoms with Gasteiger partial charge < -0.3 is 15.7 Å². The third-order valence-electron chi connectivity index (χ3n) is 2.17. The van der Waals surface area contributed by atoms with Gasteiger partial charge in [-0.15, -0.1) is 0 Å². The van der Waals surface area contributed by atoms with Crippen molar-refractivity contribution in [2.75, 3.05) is 20.1 Å². The molecule has 3 N–H and O–H groups in total. The summed E-state index contributed by atoms with van der Waals surface area (Å²) in [5.41, 5.74) is 4.01. The largest absolute Gasteiger partial charge is 0.379 e. The molecule has 1 fully saturated rings. The van der Waals surface area contributed by atoms with Crippen molar-refractivity contribution in [1.82, 2.24) is 4.90 Å². The summed E-state index contributed by atoms with van der Waals surface area (Å²) in [5, 5.41) is 9.60. The average molecular weight is 158 g/mol. The Labute approximate surface area is 66.0 Å². The van der Waals surface area contributed by atoms with Crippen molar-refractivity contribution in [3.8, 4) is 0 Å². The third kappa shape index (κ3) is 1.36. The summed E-state index contributed by atoms with van der Waals surface area (Å²) in [4.78, 5) is 12.8. The molecule has 0 aliphatic carbocycles. The molecule has 1 atom stereocenters. The van der Waals surface area contributed by atoms with Crippen LogP contribution in [0.15, 0.2) is 0 Å². The lowest BCUT2D eigenvalue weighted by molar-refractivity contribution is -0.153. The molecule has 4 nitrogen and oxygen atoms in total. The van der Waals surface area contributed by atoms with Crippen molar-refractivity contribution in [2.45, 2.75) is 18.4 Å². The van der Waals surface area contributed by atoms with Gasteiger partial charge in [-0.25, -0.2) is 0 Å². The van der Waals surface area contributed by atoms with Gasteiger partial charge in [0.2, 0.25) is 0 Å². The van der Waals surface area contributed by atoms with Crippen LogP contribution in [0.3, 0.4) is 0 Å². The molecule has 0 saturated carbocycles. The molecule has 0 bridgehead atoms. The first-order chi connectivity index (χ1) is 5.10. The summed E-state index contributed by atoms with van der Waals surface area (Å²) in [7, 11) is 1.68. The fourth-order valence-electron chi connectivity index (χ4n) is 1.36. The van der Waals surface area contributed by atoms with Crippen LogP contribution in [0.5, 0.6) is 0 Å². The van der Waals surface area contributed by atoms with Gasteiger partial charge in [0.25, 0.3) is 5.91 Å². The van der Waals surface area contributed by atoms with Crippen LogP contribution in [0.1, 0.15) is 12.8 Å². The second kappa shape index (κ2) is 2.79. The first-order valence-corrected chi connectivity index (χ1v) is 3.78. The molecule has 0 unspecified atom stereocenters. The molecule has 0 spiro atoms. The van der Waals surface area contributed by atoms with E-state index in [2.05, 4.69) is 0 Å². The van der Waals surface area contributed by atoms with Gasteiger partial charge in [0, 0.05) is 20.1 Å². The average Bonchev–Trinajstić information content (AvgIpc) is 2.00. The van der Waals surface area contributed by atoms with Crippen molar-refractivity contribution in [2.24, 2.45) is 5.73 Å². The van der Waals surface area contributed by atoms with E-state index in [1.165, 1.54) is 4.90 Å². The number of aliphatic hydroxyl groups is 1. The second-order valence-electron chi connectivity index (χ2n) is 3.07. The van der Waals surface area contributed by atoms with Crippen LogP contribution in [-0.4, -0.2) is 41.7 Å². The van der Waals surface area contributed by atoms with Gasteiger partial charge in [-0.05, 0) is 12.8 Å². The highest BCUT2D eigenvalue weighted by atomic mass is 16.3. The fourth-order valence-corrected chi connectivity index (χ4v) is 1.36. The van der Waals surface area contributed by atoms with E-state index in [0.29, 0.717) is 6.42 Å². The highest BCUT2D eigenvalue weighted by Gasteiger charge is 2.39. The summed E-state index contributed by atoms with van der Waals surface area (Å²) < 4.78 is 0. The molecule has 1 aliphatic heterocycles. The Hall–Kier alpha value is -0.610. The molecule has 4 heteroatoms. The Bertz CT molecular complexity index is 172. The number of nitrogens with two attached hydrogens (primary N) is 1. The molecule has 1 saturated heterocycles. The molecular weight excluding hydrogens is 144 g/mol. The van der Waals surface area contributed by atoms with Crippen molar-refractivity contribution in [3.05, 3.63) is 0 Å². The summed E-state index contributed by atoms with van der Waals surface area (Å²) in [6.45, 7) is 0.747. The maximum absolute atomic E-state index is 11.3. The first-order valence-electron chi connectivity index (χ1n) is 3.78. The quantitative estimate of drug-likeness (QED) is 0.510. The van der Waals surface area contributed by atoms with Gasteiger partial charge in [0.1, 0.15) is 0 Å². The Balaban J connectivity index is 2.72. The molecule has 0 aromatic rings. The van der Waals surface area contributed by atoms with E-state index in [1.54, 1.807) is 7.05 Å². The van der Waals surface area contributed by atoms with Crippen molar-refractivity contribution in [1.29, 1.82) is 0 Å². The minimum absolute atomic E-state index is 0.0240. The van der Waals surface area contributed by atoms with Crippen LogP contribution in [0, 0.1) is 0 Å².